The van der Waals surface area contributed by atoms with Gasteiger partial charge in [0.2, 0.25) is 0 Å². The second-order valence-corrected chi connectivity index (χ2v) is 6.09. The van der Waals surface area contributed by atoms with E-state index in [4.69, 9.17) is 4.98 Å². The predicted molar refractivity (Wildman–Crippen MR) is 78.0 cm³/mol. The molecular formula is C16H19N3O. The molecule has 1 aromatic carbocycles. The Bertz CT molecular complexity index is 680. The van der Waals surface area contributed by atoms with Gasteiger partial charge in [-0.05, 0) is 43.9 Å². The fourth-order valence-corrected chi connectivity index (χ4v) is 2.73. The van der Waals surface area contributed by atoms with E-state index in [1.54, 1.807) is 0 Å². The van der Waals surface area contributed by atoms with Gasteiger partial charge in [0.25, 0.3) is 0 Å². The summed E-state index contributed by atoms with van der Waals surface area (Å²) in [5, 5.41) is 3.27. The van der Waals surface area contributed by atoms with Gasteiger partial charge in [0.1, 0.15) is 5.82 Å². The molecule has 4 rings (SSSR count). The van der Waals surface area contributed by atoms with Crippen molar-refractivity contribution in [2.45, 2.75) is 37.6 Å². The number of benzene rings is 1. The first-order valence-corrected chi connectivity index (χ1v) is 7.45. The Hall–Kier alpha value is -1.68. The van der Waals surface area contributed by atoms with Crippen molar-refractivity contribution in [1.29, 1.82) is 0 Å². The van der Waals surface area contributed by atoms with Crippen LogP contribution in [0.2, 0.25) is 0 Å². The van der Waals surface area contributed by atoms with Crippen LogP contribution >= 0.6 is 0 Å². The Kier molecular flexibility index (Phi) is 2.67. The maximum atomic E-state index is 12.2. The zero-order chi connectivity index (χ0) is 13.7. The lowest BCUT2D eigenvalue weighted by molar-refractivity contribution is 0.0990. The van der Waals surface area contributed by atoms with E-state index >= 15 is 0 Å². The van der Waals surface area contributed by atoms with Gasteiger partial charge >= 0.3 is 0 Å². The molecule has 20 heavy (non-hydrogen) atoms. The van der Waals surface area contributed by atoms with Crippen LogP contribution in [-0.4, -0.2) is 27.9 Å². The Labute approximate surface area is 118 Å². The summed E-state index contributed by atoms with van der Waals surface area (Å²) >= 11 is 0. The highest BCUT2D eigenvalue weighted by Gasteiger charge is 2.28. The van der Waals surface area contributed by atoms with Crippen molar-refractivity contribution in [2.24, 2.45) is 7.05 Å². The van der Waals surface area contributed by atoms with Crippen LogP contribution in [0, 0.1) is 0 Å². The van der Waals surface area contributed by atoms with Crippen LogP contribution in [0.25, 0.3) is 11.0 Å². The SMILES string of the molecule is Cn1c(C2CC2)nc2cc(C(=O)CNC3CC3)ccc21. The second-order valence-electron chi connectivity index (χ2n) is 6.09. The van der Waals surface area contributed by atoms with Crippen molar-refractivity contribution in [1.82, 2.24) is 14.9 Å². The summed E-state index contributed by atoms with van der Waals surface area (Å²) in [6.07, 6.45) is 4.90. The number of nitrogens with zero attached hydrogens (tertiary/aromatic N) is 2. The highest BCUT2D eigenvalue weighted by Crippen LogP contribution is 2.40. The molecule has 0 atom stereocenters. The normalized spacial score (nSPS) is 18.6. The number of Topliss-reactive ketones (excluding diaryl/α,β-unsaturated/α-hetero) is 1. The Morgan fingerprint density at radius 1 is 1.35 bits per heavy atom. The summed E-state index contributed by atoms with van der Waals surface area (Å²) in [5.41, 5.74) is 2.84. The Morgan fingerprint density at radius 2 is 2.15 bits per heavy atom. The van der Waals surface area contributed by atoms with Crippen molar-refractivity contribution >= 4 is 16.8 Å². The van der Waals surface area contributed by atoms with Crippen LogP contribution in [-0.2, 0) is 7.05 Å². The maximum Gasteiger partial charge on any atom is 0.176 e. The fourth-order valence-electron chi connectivity index (χ4n) is 2.73. The molecule has 0 saturated heterocycles. The number of aromatic nitrogens is 2. The summed E-state index contributed by atoms with van der Waals surface area (Å²) in [4.78, 5) is 16.9. The number of hydrogen-bond donors (Lipinski definition) is 1. The molecule has 2 aliphatic carbocycles. The second kappa shape index (κ2) is 4.42. The quantitative estimate of drug-likeness (QED) is 0.848. The zero-order valence-electron chi connectivity index (χ0n) is 11.7. The molecule has 0 amide bonds. The van der Waals surface area contributed by atoms with Gasteiger partial charge in [-0.3, -0.25) is 4.79 Å². The minimum absolute atomic E-state index is 0.164. The number of rotatable bonds is 5. The van der Waals surface area contributed by atoms with Gasteiger partial charge in [-0.25, -0.2) is 4.98 Å². The van der Waals surface area contributed by atoms with Crippen LogP contribution < -0.4 is 5.32 Å². The predicted octanol–water partition coefficient (Wildman–Crippen LogP) is 2.39. The monoisotopic (exact) mass is 269 g/mol. The molecule has 0 radical (unpaired) electrons. The van der Waals surface area contributed by atoms with E-state index < -0.39 is 0 Å². The van der Waals surface area contributed by atoms with Gasteiger partial charge < -0.3 is 9.88 Å². The van der Waals surface area contributed by atoms with Gasteiger partial charge in [-0.2, -0.15) is 0 Å². The minimum atomic E-state index is 0.164. The topological polar surface area (TPSA) is 46.9 Å². The summed E-state index contributed by atoms with van der Waals surface area (Å²) in [5.74, 6) is 1.96. The van der Waals surface area contributed by atoms with E-state index in [-0.39, 0.29) is 5.78 Å². The van der Waals surface area contributed by atoms with Crippen molar-refractivity contribution in [3.05, 3.63) is 29.6 Å². The molecule has 2 aliphatic rings. The van der Waals surface area contributed by atoms with Crippen LogP contribution in [0.3, 0.4) is 0 Å². The molecule has 0 bridgehead atoms. The Morgan fingerprint density at radius 3 is 2.85 bits per heavy atom. The third kappa shape index (κ3) is 2.14. The number of nitrogens with one attached hydrogen (secondary N) is 1. The molecule has 2 saturated carbocycles. The lowest BCUT2D eigenvalue weighted by atomic mass is 10.1. The smallest absolute Gasteiger partial charge is 0.176 e. The molecule has 0 unspecified atom stereocenters. The first kappa shape index (κ1) is 12.1. The summed E-state index contributed by atoms with van der Waals surface area (Å²) < 4.78 is 2.17. The standard InChI is InChI=1S/C16H19N3O/c1-19-14-7-4-11(15(20)9-17-12-5-6-12)8-13(14)18-16(19)10-2-3-10/h4,7-8,10,12,17H,2-3,5-6,9H2,1H3. The maximum absolute atomic E-state index is 12.2. The number of ketones is 1. The van der Waals surface area contributed by atoms with E-state index in [1.165, 1.54) is 31.5 Å². The number of carbonyl (C=O) groups excluding carboxylic acids is 1. The third-order valence-electron chi connectivity index (χ3n) is 4.31. The van der Waals surface area contributed by atoms with Gasteiger partial charge in [0.05, 0.1) is 17.6 Å². The van der Waals surface area contributed by atoms with Crippen molar-refractivity contribution < 1.29 is 4.79 Å². The molecule has 4 heteroatoms. The summed E-state index contributed by atoms with van der Waals surface area (Å²) in [6, 6.07) is 6.47. The molecule has 2 fully saturated rings. The van der Waals surface area contributed by atoms with Crippen LogP contribution in [0.15, 0.2) is 18.2 Å². The molecule has 1 aromatic heterocycles. The molecular weight excluding hydrogens is 250 g/mol. The average molecular weight is 269 g/mol. The molecule has 0 aliphatic heterocycles. The van der Waals surface area contributed by atoms with Crippen molar-refractivity contribution in [2.75, 3.05) is 6.54 Å². The van der Waals surface area contributed by atoms with E-state index in [0.717, 1.165) is 16.6 Å². The lowest BCUT2D eigenvalue weighted by Crippen LogP contribution is -2.24. The van der Waals surface area contributed by atoms with Gasteiger partial charge in [0.15, 0.2) is 5.78 Å². The fraction of sp³-hybridized carbons (Fsp3) is 0.500. The number of imidazole rings is 1. The van der Waals surface area contributed by atoms with E-state index in [0.29, 0.717) is 18.5 Å². The van der Waals surface area contributed by atoms with Gasteiger partial charge in [-0.1, -0.05) is 0 Å². The van der Waals surface area contributed by atoms with Crippen molar-refractivity contribution in [3.63, 3.8) is 0 Å². The molecule has 4 nitrogen and oxygen atoms in total. The number of aryl methyl sites for hydroxylation is 1. The van der Waals surface area contributed by atoms with Crippen LogP contribution in [0.1, 0.15) is 47.8 Å². The summed E-state index contributed by atoms with van der Waals surface area (Å²) in [6.45, 7) is 0.443. The minimum Gasteiger partial charge on any atom is -0.331 e. The molecule has 1 heterocycles. The number of hydrogen-bond acceptors (Lipinski definition) is 3. The van der Waals surface area contributed by atoms with E-state index in [9.17, 15) is 4.79 Å². The average Bonchev–Trinajstić information content (AvgIpc) is 3.35. The molecule has 104 valence electrons. The molecule has 1 N–H and O–H groups in total. The first-order chi connectivity index (χ1) is 9.72. The Balaban J connectivity index is 1.62. The third-order valence-corrected chi connectivity index (χ3v) is 4.31. The highest BCUT2D eigenvalue weighted by atomic mass is 16.1. The first-order valence-electron chi connectivity index (χ1n) is 7.45. The zero-order valence-corrected chi connectivity index (χ0v) is 11.7. The molecule has 0 spiro atoms. The van der Waals surface area contributed by atoms with E-state index in [1.807, 2.05) is 18.2 Å². The van der Waals surface area contributed by atoms with Crippen LogP contribution in [0.4, 0.5) is 0 Å². The number of fused-ring (bicyclic) bond motifs is 1. The number of carbonyl (C=O) groups is 1. The van der Waals surface area contributed by atoms with Gasteiger partial charge in [-0.15, -0.1) is 0 Å². The lowest BCUT2D eigenvalue weighted by Gasteiger charge is -2.03. The largest absolute Gasteiger partial charge is 0.331 e. The van der Waals surface area contributed by atoms with Crippen molar-refractivity contribution in [3.8, 4) is 0 Å². The summed E-state index contributed by atoms with van der Waals surface area (Å²) in [7, 11) is 2.07. The van der Waals surface area contributed by atoms with Gasteiger partial charge in [0, 0.05) is 24.6 Å². The highest BCUT2D eigenvalue weighted by molar-refractivity contribution is 6.00. The van der Waals surface area contributed by atoms with Crippen LogP contribution in [0.5, 0.6) is 0 Å². The molecule has 2 aromatic rings. The van der Waals surface area contributed by atoms with E-state index in [2.05, 4.69) is 16.9 Å².